The monoisotopic (exact) mass is 932 g/mol. The van der Waals surface area contributed by atoms with Gasteiger partial charge in [-0.15, -0.1) is 0 Å². The third-order valence-corrected chi connectivity index (χ3v) is 14.1. The van der Waals surface area contributed by atoms with Crippen molar-refractivity contribution < 1.29 is 24.5 Å². The van der Waals surface area contributed by atoms with E-state index in [1.165, 1.54) is 263 Å². The molecule has 0 saturated carbocycles. The SMILES string of the molecule is CCCCCCCCCCCCCCCCCCC(=O)OCCCCCCCCCCCCC/C=C\CCCCCCCCCC(=O)NC(CO)C(O)CCCCCCCCCCCCC. The fourth-order valence-corrected chi connectivity index (χ4v) is 9.46. The van der Waals surface area contributed by atoms with Crippen LogP contribution < -0.4 is 5.32 Å². The molecule has 0 radical (unpaired) electrons. The Balaban J connectivity index is 3.38. The standard InChI is InChI=1S/C60H117NO5/c1-3-5-7-9-11-13-15-16-17-27-30-34-38-42-46-50-54-60(65)66-55-51-47-43-39-35-31-28-25-23-21-19-18-20-22-24-26-29-33-37-41-45-49-53-59(64)61-57(56-62)58(63)52-48-44-40-36-32-14-12-10-8-6-4-2/h20,22,57-58,62-63H,3-19,21,23-56H2,1-2H3,(H,61,64)/b22-20-. The molecule has 0 rings (SSSR count). The van der Waals surface area contributed by atoms with Crippen LogP contribution in [0.4, 0.5) is 0 Å². The minimum absolute atomic E-state index is 0.0138. The number of amides is 1. The van der Waals surface area contributed by atoms with Gasteiger partial charge in [0, 0.05) is 12.8 Å². The van der Waals surface area contributed by atoms with Crippen LogP contribution in [0, 0.1) is 0 Å². The summed E-state index contributed by atoms with van der Waals surface area (Å²) < 4.78 is 5.49. The second kappa shape index (κ2) is 56.2. The molecule has 0 aliphatic rings. The Hall–Kier alpha value is -1.40. The Morgan fingerprint density at radius 1 is 0.409 bits per heavy atom. The van der Waals surface area contributed by atoms with Crippen molar-refractivity contribution in [3.8, 4) is 0 Å². The fourth-order valence-electron chi connectivity index (χ4n) is 9.46. The van der Waals surface area contributed by atoms with Crippen LogP contribution in [0.3, 0.4) is 0 Å². The molecule has 0 spiro atoms. The van der Waals surface area contributed by atoms with E-state index in [2.05, 4.69) is 31.3 Å². The predicted octanol–water partition coefficient (Wildman–Crippen LogP) is 18.5. The molecular formula is C60H117NO5. The smallest absolute Gasteiger partial charge is 0.305 e. The summed E-state index contributed by atoms with van der Waals surface area (Å²) in [5.41, 5.74) is 0. The number of carbonyl (C=O) groups excluding carboxylic acids is 2. The highest BCUT2D eigenvalue weighted by Gasteiger charge is 2.20. The maximum atomic E-state index is 12.4. The number of esters is 1. The first-order chi connectivity index (χ1) is 32.5. The van der Waals surface area contributed by atoms with Crippen molar-refractivity contribution in [1.82, 2.24) is 5.32 Å². The van der Waals surface area contributed by atoms with Crippen molar-refractivity contribution in [2.24, 2.45) is 0 Å². The lowest BCUT2D eigenvalue weighted by atomic mass is 10.0. The summed E-state index contributed by atoms with van der Waals surface area (Å²) in [6.07, 6.45) is 66.5. The van der Waals surface area contributed by atoms with Gasteiger partial charge in [0.15, 0.2) is 0 Å². The van der Waals surface area contributed by atoms with E-state index >= 15 is 0 Å². The quantitative estimate of drug-likeness (QED) is 0.0321. The van der Waals surface area contributed by atoms with E-state index in [0.717, 1.165) is 38.5 Å². The number of aliphatic hydroxyl groups is 2. The second-order valence-corrected chi connectivity index (χ2v) is 20.7. The summed E-state index contributed by atoms with van der Waals surface area (Å²) in [7, 11) is 0. The van der Waals surface area contributed by atoms with Crippen molar-refractivity contribution >= 4 is 11.9 Å². The van der Waals surface area contributed by atoms with Crippen LogP contribution in [0.5, 0.6) is 0 Å². The molecule has 66 heavy (non-hydrogen) atoms. The maximum Gasteiger partial charge on any atom is 0.305 e. The maximum absolute atomic E-state index is 12.4. The van der Waals surface area contributed by atoms with E-state index < -0.39 is 12.1 Å². The van der Waals surface area contributed by atoms with Crippen molar-refractivity contribution in [3.05, 3.63) is 12.2 Å². The van der Waals surface area contributed by atoms with Gasteiger partial charge in [0.2, 0.25) is 5.91 Å². The Morgan fingerprint density at radius 2 is 0.712 bits per heavy atom. The molecule has 6 nitrogen and oxygen atoms in total. The third kappa shape index (κ3) is 52.0. The van der Waals surface area contributed by atoms with Gasteiger partial charge in [-0.2, -0.15) is 0 Å². The number of ether oxygens (including phenoxy) is 1. The van der Waals surface area contributed by atoms with Crippen molar-refractivity contribution in [1.29, 1.82) is 0 Å². The van der Waals surface area contributed by atoms with Crippen LogP contribution in [0.25, 0.3) is 0 Å². The average Bonchev–Trinajstić information content (AvgIpc) is 3.32. The van der Waals surface area contributed by atoms with Gasteiger partial charge in [0.1, 0.15) is 0 Å². The van der Waals surface area contributed by atoms with Gasteiger partial charge in [-0.3, -0.25) is 9.59 Å². The van der Waals surface area contributed by atoms with Crippen LogP contribution in [-0.2, 0) is 14.3 Å². The molecule has 2 atom stereocenters. The zero-order valence-corrected chi connectivity index (χ0v) is 44.7. The molecule has 3 N–H and O–H groups in total. The van der Waals surface area contributed by atoms with E-state index in [0.29, 0.717) is 25.9 Å². The highest BCUT2D eigenvalue weighted by atomic mass is 16.5. The average molecular weight is 933 g/mol. The Morgan fingerprint density at radius 3 is 1.08 bits per heavy atom. The Kier molecular flexibility index (Phi) is 55.0. The molecule has 392 valence electrons. The Labute approximate surface area is 412 Å². The van der Waals surface area contributed by atoms with E-state index in [1.54, 1.807) is 0 Å². The zero-order chi connectivity index (χ0) is 47.9. The first-order valence-electron chi connectivity index (χ1n) is 29.9. The van der Waals surface area contributed by atoms with Crippen LogP contribution in [-0.4, -0.2) is 47.4 Å². The molecule has 6 heteroatoms. The highest BCUT2D eigenvalue weighted by Crippen LogP contribution is 2.17. The summed E-state index contributed by atoms with van der Waals surface area (Å²) in [6.45, 7) is 4.96. The topological polar surface area (TPSA) is 95.9 Å². The number of carbonyl (C=O) groups is 2. The molecule has 2 unspecified atom stereocenters. The molecule has 0 bridgehead atoms. The van der Waals surface area contributed by atoms with E-state index in [-0.39, 0.29) is 18.5 Å². The molecule has 0 aliphatic carbocycles. The van der Waals surface area contributed by atoms with Crippen molar-refractivity contribution in [2.45, 2.75) is 347 Å². The molecule has 0 aliphatic heterocycles. The number of unbranched alkanes of at least 4 members (excludes halogenated alkanes) is 43. The summed E-state index contributed by atoms with van der Waals surface area (Å²) in [6, 6.07) is -0.544. The summed E-state index contributed by atoms with van der Waals surface area (Å²) in [5, 5.41) is 23.2. The third-order valence-electron chi connectivity index (χ3n) is 14.1. The molecule has 0 heterocycles. The van der Waals surface area contributed by atoms with Crippen molar-refractivity contribution in [2.75, 3.05) is 13.2 Å². The molecule has 0 aromatic carbocycles. The lowest BCUT2D eigenvalue weighted by Crippen LogP contribution is -2.45. The summed E-state index contributed by atoms with van der Waals surface area (Å²) in [5.74, 6) is -0.0279. The van der Waals surface area contributed by atoms with Gasteiger partial charge in [-0.25, -0.2) is 0 Å². The molecular weight excluding hydrogens is 815 g/mol. The minimum Gasteiger partial charge on any atom is -0.466 e. The highest BCUT2D eigenvalue weighted by molar-refractivity contribution is 5.76. The Bertz CT molecular complexity index is 986. The van der Waals surface area contributed by atoms with Crippen LogP contribution in [0.1, 0.15) is 335 Å². The molecule has 0 fully saturated rings. The molecule has 1 amide bonds. The molecule has 0 saturated heterocycles. The number of hydrogen-bond acceptors (Lipinski definition) is 5. The number of nitrogens with one attached hydrogen (secondary N) is 1. The number of aliphatic hydroxyl groups excluding tert-OH is 2. The van der Waals surface area contributed by atoms with Gasteiger partial charge in [0.05, 0.1) is 25.4 Å². The lowest BCUT2D eigenvalue weighted by molar-refractivity contribution is -0.143. The largest absolute Gasteiger partial charge is 0.466 e. The van der Waals surface area contributed by atoms with E-state index in [9.17, 15) is 19.8 Å². The summed E-state index contributed by atoms with van der Waals surface area (Å²) in [4.78, 5) is 24.5. The minimum atomic E-state index is -0.666. The van der Waals surface area contributed by atoms with Crippen LogP contribution in [0.2, 0.25) is 0 Å². The fraction of sp³-hybridized carbons (Fsp3) is 0.933. The van der Waals surface area contributed by atoms with Crippen LogP contribution >= 0.6 is 0 Å². The number of rotatable bonds is 56. The zero-order valence-electron chi connectivity index (χ0n) is 44.7. The van der Waals surface area contributed by atoms with E-state index in [1.807, 2.05) is 0 Å². The van der Waals surface area contributed by atoms with Crippen LogP contribution in [0.15, 0.2) is 12.2 Å². The first-order valence-corrected chi connectivity index (χ1v) is 29.9. The number of allylic oxidation sites excluding steroid dienone is 2. The van der Waals surface area contributed by atoms with Crippen molar-refractivity contribution in [3.63, 3.8) is 0 Å². The lowest BCUT2D eigenvalue weighted by Gasteiger charge is -2.22. The summed E-state index contributed by atoms with van der Waals surface area (Å²) >= 11 is 0. The van der Waals surface area contributed by atoms with E-state index in [4.69, 9.17) is 4.74 Å². The molecule has 0 aromatic rings. The van der Waals surface area contributed by atoms with Gasteiger partial charge in [-0.1, -0.05) is 283 Å². The van der Waals surface area contributed by atoms with Gasteiger partial charge < -0.3 is 20.3 Å². The molecule has 0 aromatic heterocycles. The second-order valence-electron chi connectivity index (χ2n) is 20.7. The van der Waals surface area contributed by atoms with Gasteiger partial charge in [-0.05, 0) is 51.4 Å². The number of hydrogen-bond donors (Lipinski definition) is 3. The normalized spacial score (nSPS) is 12.6. The first kappa shape index (κ1) is 64.6. The predicted molar refractivity (Wildman–Crippen MR) is 287 cm³/mol. The van der Waals surface area contributed by atoms with Gasteiger partial charge >= 0.3 is 5.97 Å². The van der Waals surface area contributed by atoms with Gasteiger partial charge in [0.25, 0.3) is 0 Å².